The van der Waals surface area contributed by atoms with E-state index in [4.69, 9.17) is 4.55 Å². The maximum atomic E-state index is 12.8. The second-order valence-corrected chi connectivity index (χ2v) is 9.78. The molecule has 0 bridgehead atoms. The number of anilines is 1. The molecule has 34 heavy (non-hydrogen) atoms. The van der Waals surface area contributed by atoms with E-state index in [1.54, 1.807) is 17.0 Å². The van der Waals surface area contributed by atoms with Gasteiger partial charge in [-0.15, -0.1) is 11.3 Å². The van der Waals surface area contributed by atoms with Gasteiger partial charge in [-0.1, -0.05) is 19.1 Å². The van der Waals surface area contributed by atoms with Crippen LogP contribution in [0.3, 0.4) is 0 Å². The molecule has 0 radical (unpaired) electrons. The van der Waals surface area contributed by atoms with Gasteiger partial charge in [0.05, 0.1) is 17.4 Å². The lowest BCUT2D eigenvalue weighted by atomic mass is 10.1. The number of piperazine rings is 1. The van der Waals surface area contributed by atoms with Crippen molar-refractivity contribution in [2.24, 2.45) is 0 Å². The fraction of sp³-hybridized carbons (Fsp3) is 0.429. The molecule has 184 valence electrons. The summed E-state index contributed by atoms with van der Waals surface area (Å²) in [7, 11) is -4.39. The minimum absolute atomic E-state index is 0.135. The Morgan fingerprint density at radius 3 is 2.47 bits per heavy atom. The highest BCUT2D eigenvalue weighted by atomic mass is 32.2. The Bertz CT molecular complexity index is 1150. The fourth-order valence-electron chi connectivity index (χ4n) is 3.52. The van der Waals surface area contributed by atoms with E-state index < -0.39 is 28.2 Å². The Morgan fingerprint density at radius 1 is 1.21 bits per heavy atom. The van der Waals surface area contributed by atoms with E-state index in [-0.39, 0.29) is 24.7 Å². The summed E-state index contributed by atoms with van der Waals surface area (Å²) < 4.78 is 32.8. The largest absolute Gasteiger partial charge is 0.357 e. The van der Waals surface area contributed by atoms with Crippen LogP contribution >= 0.6 is 11.3 Å². The van der Waals surface area contributed by atoms with E-state index in [2.05, 4.69) is 10.3 Å². The number of nitrogens with zero attached hydrogens (tertiary/aromatic N) is 3. The molecule has 11 nitrogen and oxygen atoms in total. The minimum atomic E-state index is -4.39. The van der Waals surface area contributed by atoms with Gasteiger partial charge in [-0.3, -0.25) is 23.7 Å². The molecule has 0 unspecified atom stereocenters. The van der Waals surface area contributed by atoms with Crippen molar-refractivity contribution < 1.29 is 27.4 Å². The van der Waals surface area contributed by atoms with E-state index in [1.807, 2.05) is 23.9 Å². The maximum Gasteiger partial charge on any atom is 0.357 e. The van der Waals surface area contributed by atoms with Crippen molar-refractivity contribution >= 4 is 45.0 Å². The van der Waals surface area contributed by atoms with E-state index >= 15 is 0 Å². The summed E-state index contributed by atoms with van der Waals surface area (Å²) >= 11 is 1.37. The molecule has 0 aliphatic carbocycles. The summed E-state index contributed by atoms with van der Waals surface area (Å²) in [5.74, 6) is -1.78. The van der Waals surface area contributed by atoms with Crippen molar-refractivity contribution in [3.8, 4) is 0 Å². The number of carbonyl (C=O) groups excluding carboxylic acids is 3. The summed E-state index contributed by atoms with van der Waals surface area (Å²) in [6, 6.07) is 5.64. The van der Waals surface area contributed by atoms with Gasteiger partial charge in [0.15, 0.2) is 0 Å². The predicted octanol–water partition coefficient (Wildman–Crippen LogP) is 1.01. The standard InChI is InChI=1S/C21H27N5O6S2/c1-3-15-13-33-20(22-15)17(11-14-5-7-16(8-6-14)24-34(30,31)32)23-19(28)21(29)26-10-9-25(4-2)18(27)12-26/h5-8,13,17,24H,3-4,9-12H2,1-2H3,(H,23,28)(H,30,31,32)/t17-/m0/s1. The van der Waals surface area contributed by atoms with Crippen molar-refractivity contribution in [2.75, 3.05) is 30.9 Å². The van der Waals surface area contributed by atoms with Crippen LogP contribution in [0.4, 0.5) is 5.69 Å². The Labute approximate surface area is 202 Å². The van der Waals surface area contributed by atoms with Crippen LogP contribution < -0.4 is 10.0 Å². The van der Waals surface area contributed by atoms with Crippen molar-refractivity contribution in [2.45, 2.75) is 32.7 Å². The lowest BCUT2D eigenvalue weighted by Crippen LogP contribution is -2.55. The van der Waals surface area contributed by atoms with Crippen LogP contribution in [-0.2, 0) is 37.5 Å². The summed E-state index contributed by atoms with van der Waals surface area (Å²) in [4.78, 5) is 45.1. The number of likely N-dealkylation sites (N-methyl/N-ethyl adjacent to an activating group) is 1. The van der Waals surface area contributed by atoms with Crippen molar-refractivity contribution in [3.05, 3.63) is 45.9 Å². The summed E-state index contributed by atoms with van der Waals surface area (Å²) in [6.45, 7) is 4.91. The SMILES string of the molecule is CCc1csc([C@H](Cc2ccc(NS(=O)(=O)O)cc2)NC(=O)C(=O)N2CCN(CC)C(=O)C2)n1. The Hall–Kier alpha value is -3.03. The highest BCUT2D eigenvalue weighted by Gasteiger charge is 2.31. The second kappa shape index (κ2) is 10.9. The van der Waals surface area contributed by atoms with E-state index in [1.165, 1.54) is 28.4 Å². The first-order valence-electron chi connectivity index (χ1n) is 10.8. The minimum Gasteiger partial charge on any atom is -0.340 e. The summed E-state index contributed by atoms with van der Waals surface area (Å²) in [6.07, 6.45) is 1.01. The van der Waals surface area contributed by atoms with Gasteiger partial charge in [-0.05, 0) is 37.5 Å². The number of carbonyl (C=O) groups is 3. The molecular weight excluding hydrogens is 482 g/mol. The lowest BCUT2D eigenvalue weighted by molar-refractivity contribution is -0.151. The third kappa shape index (κ3) is 6.74. The van der Waals surface area contributed by atoms with Crippen LogP contribution in [-0.4, -0.2) is 71.7 Å². The van der Waals surface area contributed by atoms with E-state index in [9.17, 15) is 22.8 Å². The number of rotatable bonds is 8. The molecule has 1 aromatic heterocycles. The molecule has 3 amide bonds. The van der Waals surface area contributed by atoms with Gasteiger partial charge in [-0.25, -0.2) is 4.98 Å². The molecule has 2 aromatic rings. The first kappa shape index (κ1) is 25.6. The molecule has 3 N–H and O–H groups in total. The van der Waals surface area contributed by atoms with Gasteiger partial charge in [0.2, 0.25) is 5.91 Å². The third-order valence-electron chi connectivity index (χ3n) is 5.36. The van der Waals surface area contributed by atoms with Gasteiger partial charge in [0.25, 0.3) is 0 Å². The van der Waals surface area contributed by atoms with Crippen LogP contribution in [0.2, 0.25) is 0 Å². The topological polar surface area (TPSA) is 149 Å². The molecule has 0 spiro atoms. The van der Waals surface area contributed by atoms with Crippen molar-refractivity contribution in [3.63, 3.8) is 0 Å². The van der Waals surface area contributed by atoms with Crippen LogP contribution in [0.25, 0.3) is 0 Å². The monoisotopic (exact) mass is 509 g/mol. The predicted molar refractivity (Wildman–Crippen MR) is 127 cm³/mol. The van der Waals surface area contributed by atoms with E-state index in [0.29, 0.717) is 24.5 Å². The van der Waals surface area contributed by atoms with Crippen molar-refractivity contribution in [1.82, 2.24) is 20.1 Å². The number of thiazole rings is 1. The second-order valence-electron chi connectivity index (χ2n) is 7.73. The molecule has 0 saturated carbocycles. The number of amides is 3. The van der Waals surface area contributed by atoms with Gasteiger partial charge in [0.1, 0.15) is 11.6 Å². The number of aryl methyl sites for hydroxylation is 1. The fourth-order valence-corrected chi connectivity index (χ4v) is 4.91. The quantitative estimate of drug-likeness (QED) is 0.355. The zero-order valence-electron chi connectivity index (χ0n) is 18.9. The molecule has 1 atom stereocenters. The van der Waals surface area contributed by atoms with Gasteiger partial charge in [0, 0.05) is 25.0 Å². The van der Waals surface area contributed by atoms with Gasteiger partial charge < -0.3 is 15.1 Å². The number of hydrogen-bond donors (Lipinski definition) is 3. The highest BCUT2D eigenvalue weighted by molar-refractivity contribution is 7.87. The Morgan fingerprint density at radius 2 is 1.91 bits per heavy atom. The summed E-state index contributed by atoms with van der Waals surface area (Å²) in [5, 5.41) is 5.27. The van der Waals surface area contributed by atoms with Crippen LogP contribution in [0.5, 0.6) is 0 Å². The van der Waals surface area contributed by atoms with Gasteiger partial charge in [-0.2, -0.15) is 8.42 Å². The number of nitrogens with one attached hydrogen (secondary N) is 2. The molecule has 3 rings (SSSR count). The first-order chi connectivity index (χ1) is 16.1. The van der Waals surface area contributed by atoms with Crippen molar-refractivity contribution in [1.29, 1.82) is 0 Å². The zero-order chi connectivity index (χ0) is 24.9. The Balaban J connectivity index is 1.74. The van der Waals surface area contributed by atoms with Gasteiger partial charge >= 0.3 is 22.1 Å². The third-order valence-corrected chi connectivity index (χ3v) is 6.86. The molecule has 1 aromatic carbocycles. The van der Waals surface area contributed by atoms with Crippen LogP contribution in [0, 0.1) is 0 Å². The number of hydrogen-bond acceptors (Lipinski definition) is 7. The lowest BCUT2D eigenvalue weighted by Gasteiger charge is -2.33. The number of benzene rings is 1. The maximum absolute atomic E-state index is 12.8. The summed E-state index contributed by atoms with van der Waals surface area (Å²) in [5.41, 5.74) is 1.79. The number of aromatic nitrogens is 1. The Kier molecular flexibility index (Phi) is 8.23. The van der Waals surface area contributed by atoms with Crippen LogP contribution in [0.1, 0.15) is 36.2 Å². The average Bonchev–Trinajstić information content (AvgIpc) is 3.27. The molecule has 13 heteroatoms. The molecule has 1 aliphatic rings. The smallest absolute Gasteiger partial charge is 0.340 e. The molecule has 1 fully saturated rings. The molecular formula is C21H27N5O6S2. The average molecular weight is 510 g/mol. The molecule has 1 saturated heterocycles. The zero-order valence-corrected chi connectivity index (χ0v) is 20.5. The van der Waals surface area contributed by atoms with E-state index in [0.717, 1.165) is 17.7 Å². The molecule has 1 aliphatic heterocycles. The first-order valence-corrected chi connectivity index (χ1v) is 13.1. The normalized spacial score (nSPS) is 15.2. The molecule has 2 heterocycles. The highest BCUT2D eigenvalue weighted by Crippen LogP contribution is 2.24. The van der Waals surface area contributed by atoms with Crippen LogP contribution in [0.15, 0.2) is 29.6 Å².